The van der Waals surface area contributed by atoms with Crippen LogP contribution in [0.15, 0.2) is 45.8 Å². The minimum absolute atomic E-state index is 0.189. The number of pyridine rings is 1. The molecule has 0 aliphatic carbocycles. The first-order valence-electron chi connectivity index (χ1n) is 5.73. The van der Waals surface area contributed by atoms with E-state index in [4.69, 9.17) is 5.73 Å². The molecule has 1 aromatic carbocycles. The van der Waals surface area contributed by atoms with Crippen LogP contribution in [0.3, 0.4) is 0 Å². The Bertz CT molecular complexity index is 792. The van der Waals surface area contributed by atoms with Gasteiger partial charge in [-0.1, -0.05) is 30.3 Å². The first-order chi connectivity index (χ1) is 9.15. The zero-order valence-electron chi connectivity index (χ0n) is 9.93. The van der Waals surface area contributed by atoms with Crippen molar-refractivity contribution in [2.75, 3.05) is 5.73 Å². The average molecular weight is 319 g/mol. The van der Waals surface area contributed by atoms with Crippen LogP contribution in [0.5, 0.6) is 0 Å². The monoisotopic (exact) mass is 318 g/mol. The van der Waals surface area contributed by atoms with Crippen molar-refractivity contribution in [3.63, 3.8) is 0 Å². The number of nitrogens with zero attached hydrogens (tertiary/aromatic N) is 2. The Balaban J connectivity index is 2.18. The molecule has 2 aromatic heterocycles. The van der Waals surface area contributed by atoms with E-state index in [0.717, 1.165) is 11.1 Å². The fraction of sp³-hybridized carbons (Fsp3) is 0.0769. The van der Waals surface area contributed by atoms with E-state index >= 15 is 0 Å². The van der Waals surface area contributed by atoms with E-state index in [1.165, 1.54) is 0 Å². The Labute approximate surface area is 117 Å². The van der Waals surface area contributed by atoms with Crippen LogP contribution in [0.1, 0.15) is 5.56 Å². The summed E-state index contributed by atoms with van der Waals surface area (Å²) in [5, 5.41) is 0. The highest BCUT2D eigenvalue weighted by molar-refractivity contribution is 9.10. The van der Waals surface area contributed by atoms with Crippen molar-refractivity contribution in [2.24, 2.45) is 0 Å². The molecule has 0 bridgehead atoms. The van der Waals surface area contributed by atoms with Gasteiger partial charge < -0.3 is 10.7 Å². The minimum atomic E-state index is -0.189. The molecule has 2 heterocycles. The molecular formula is C13H11BrN4O. The van der Waals surface area contributed by atoms with Gasteiger partial charge in [0.05, 0.1) is 12.1 Å². The molecule has 96 valence electrons. The zero-order chi connectivity index (χ0) is 13.4. The molecule has 0 aliphatic rings. The summed E-state index contributed by atoms with van der Waals surface area (Å²) in [5.41, 5.74) is 7.99. The van der Waals surface area contributed by atoms with Gasteiger partial charge in [0.1, 0.15) is 10.1 Å². The molecule has 0 atom stereocenters. The number of aromatic amines is 1. The third-order valence-corrected chi connectivity index (χ3v) is 3.35. The van der Waals surface area contributed by atoms with Crippen LogP contribution in [0.4, 0.5) is 5.82 Å². The first kappa shape index (κ1) is 12.0. The van der Waals surface area contributed by atoms with E-state index in [1.54, 1.807) is 10.6 Å². The van der Waals surface area contributed by atoms with Gasteiger partial charge in [-0.2, -0.15) is 0 Å². The third kappa shape index (κ3) is 2.15. The zero-order valence-corrected chi connectivity index (χ0v) is 11.5. The second-order valence-corrected chi connectivity index (χ2v) is 5.04. The lowest BCUT2D eigenvalue weighted by Crippen LogP contribution is -2.17. The number of aromatic nitrogens is 3. The van der Waals surface area contributed by atoms with Crippen molar-refractivity contribution in [3.05, 3.63) is 57.0 Å². The van der Waals surface area contributed by atoms with Crippen LogP contribution in [-0.4, -0.2) is 14.5 Å². The summed E-state index contributed by atoms with van der Waals surface area (Å²) in [6.07, 6.45) is 0. The number of hydrogen-bond acceptors (Lipinski definition) is 3. The second-order valence-electron chi connectivity index (χ2n) is 4.23. The Hall–Kier alpha value is -2.08. The lowest BCUT2D eigenvalue weighted by molar-refractivity contribution is 0.786. The molecule has 0 saturated carbocycles. The fourth-order valence-corrected chi connectivity index (χ4v) is 2.48. The number of halogens is 1. The van der Waals surface area contributed by atoms with Gasteiger partial charge in [0.25, 0.3) is 0 Å². The highest BCUT2D eigenvalue weighted by atomic mass is 79.9. The average Bonchev–Trinajstić information content (AvgIpc) is 2.69. The van der Waals surface area contributed by atoms with Gasteiger partial charge in [-0.15, -0.1) is 0 Å². The maximum absolute atomic E-state index is 12.0. The van der Waals surface area contributed by atoms with Crippen molar-refractivity contribution >= 4 is 32.8 Å². The molecule has 0 saturated heterocycles. The molecule has 3 aromatic rings. The summed E-state index contributed by atoms with van der Waals surface area (Å²) in [6, 6.07) is 11.6. The minimum Gasteiger partial charge on any atom is -0.382 e. The van der Waals surface area contributed by atoms with E-state index in [9.17, 15) is 4.79 Å². The van der Waals surface area contributed by atoms with E-state index < -0.39 is 0 Å². The third-order valence-electron chi connectivity index (χ3n) is 2.95. The van der Waals surface area contributed by atoms with E-state index in [2.05, 4.69) is 25.9 Å². The molecule has 0 fully saturated rings. The number of fused-ring (bicyclic) bond motifs is 1. The predicted molar refractivity (Wildman–Crippen MR) is 78.0 cm³/mol. The van der Waals surface area contributed by atoms with Crippen LogP contribution < -0.4 is 11.4 Å². The molecule has 3 rings (SSSR count). The van der Waals surface area contributed by atoms with Gasteiger partial charge in [-0.3, -0.25) is 4.57 Å². The molecule has 0 spiro atoms. The van der Waals surface area contributed by atoms with Gasteiger partial charge in [0.15, 0.2) is 5.82 Å². The van der Waals surface area contributed by atoms with E-state index in [1.807, 2.05) is 30.3 Å². The summed E-state index contributed by atoms with van der Waals surface area (Å²) < 4.78 is 2.26. The lowest BCUT2D eigenvalue weighted by atomic mass is 10.2. The topological polar surface area (TPSA) is 76.7 Å². The van der Waals surface area contributed by atoms with Gasteiger partial charge in [-0.25, -0.2) is 9.78 Å². The van der Waals surface area contributed by atoms with Crippen LogP contribution in [-0.2, 0) is 6.54 Å². The summed E-state index contributed by atoms with van der Waals surface area (Å²) in [6.45, 7) is 0.496. The standard InChI is InChI=1S/C13H11BrN4O/c14-10-6-9-11(12(15)16-10)17-13(19)18(9)7-8-4-2-1-3-5-8/h1-6H,7H2,(H2,15,16)(H,17,19). The highest BCUT2D eigenvalue weighted by Gasteiger charge is 2.11. The number of anilines is 1. The second kappa shape index (κ2) is 4.55. The van der Waals surface area contributed by atoms with Gasteiger partial charge in [0, 0.05) is 0 Å². The summed E-state index contributed by atoms with van der Waals surface area (Å²) in [5.74, 6) is 0.313. The number of H-pyrrole nitrogens is 1. The number of nitrogens with two attached hydrogens (primary N) is 1. The smallest absolute Gasteiger partial charge is 0.326 e. The largest absolute Gasteiger partial charge is 0.382 e. The normalized spacial score (nSPS) is 11.0. The molecule has 0 unspecified atom stereocenters. The maximum atomic E-state index is 12.0. The quantitative estimate of drug-likeness (QED) is 0.710. The van der Waals surface area contributed by atoms with Crippen LogP contribution in [0.25, 0.3) is 11.0 Å². The van der Waals surface area contributed by atoms with Gasteiger partial charge in [-0.05, 0) is 27.6 Å². The summed E-state index contributed by atoms with van der Waals surface area (Å²) >= 11 is 3.29. The van der Waals surface area contributed by atoms with Crippen molar-refractivity contribution in [2.45, 2.75) is 6.54 Å². The maximum Gasteiger partial charge on any atom is 0.326 e. The molecule has 6 heteroatoms. The van der Waals surface area contributed by atoms with E-state index in [0.29, 0.717) is 22.5 Å². The number of rotatable bonds is 2. The lowest BCUT2D eigenvalue weighted by Gasteiger charge is -2.04. The summed E-state index contributed by atoms with van der Waals surface area (Å²) in [7, 11) is 0. The SMILES string of the molecule is Nc1nc(Br)cc2c1[nH]c(=O)n2Cc1ccccc1. The fourth-order valence-electron chi connectivity index (χ4n) is 2.07. The van der Waals surface area contributed by atoms with Crippen molar-refractivity contribution in [3.8, 4) is 0 Å². The molecule has 5 nitrogen and oxygen atoms in total. The van der Waals surface area contributed by atoms with Crippen molar-refractivity contribution < 1.29 is 0 Å². The van der Waals surface area contributed by atoms with Crippen LogP contribution >= 0.6 is 15.9 Å². The Kier molecular flexibility index (Phi) is 2.87. The highest BCUT2D eigenvalue weighted by Crippen LogP contribution is 2.20. The number of benzene rings is 1. The number of nitrogen functional groups attached to an aromatic ring is 1. The molecule has 0 amide bonds. The Morgan fingerprint density at radius 1 is 1.32 bits per heavy atom. The number of imidazole rings is 1. The number of hydrogen-bond donors (Lipinski definition) is 2. The molecule has 19 heavy (non-hydrogen) atoms. The Morgan fingerprint density at radius 2 is 2.05 bits per heavy atom. The molecule has 3 N–H and O–H groups in total. The first-order valence-corrected chi connectivity index (χ1v) is 6.53. The molecule has 0 radical (unpaired) electrons. The van der Waals surface area contributed by atoms with Crippen molar-refractivity contribution in [1.29, 1.82) is 0 Å². The van der Waals surface area contributed by atoms with Crippen molar-refractivity contribution in [1.82, 2.24) is 14.5 Å². The van der Waals surface area contributed by atoms with Crippen LogP contribution in [0.2, 0.25) is 0 Å². The van der Waals surface area contributed by atoms with E-state index in [-0.39, 0.29) is 5.69 Å². The molecule has 0 aliphatic heterocycles. The van der Waals surface area contributed by atoms with Gasteiger partial charge >= 0.3 is 5.69 Å². The Morgan fingerprint density at radius 3 is 2.79 bits per heavy atom. The van der Waals surface area contributed by atoms with Gasteiger partial charge in [0.2, 0.25) is 0 Å². The number of nitrogens with one attached hydrogen (secondary N) is 1. The molecular weight excluding hydrogens is 308 g/mol. The summed E-state index contributed by atoms with van der Waals surface area (Å²) in [4.78, 5) is 18.8. The van der Waals surface area contributed by atoms with Crippen LogP contribution in [0, 0.1) is 0 Å². The predicted octanol–water partition coefficient (Wildman–Crippen LogP) is 2.12.